The highest BCUT2D eigenvalue weighted by atomic mass is 79.9. The molecule has 1 unspecified atom stereocenters. The fourth-order valence-corrected chi connectivity index (χ4v) is 2.78. The van der Waals surface area contributed by atoms with Gasteiger partial charge in [0.2, 0.25) is 0 Å². The molecule has 108 valence electrons. The summed E-state index contributed by atoms with van der Waals surface area (Å²) in [4.78, 5) is 2.53. The lowest BCUT2D eigenvalue weighted by Crippen LogP contribution is -2.53. The van der Waals surface area contributed by atoms with E-state index in [1.165, 1.54) is 18.4 Å². The second kappa shape index (κ2) is 8.03. The molecule has 0 aliphatic heterocycles. The molecule has 0 aromatic heterocycles. The summed E-state index contributed by atoms with van der Waals surface area (Å²) in [6.45, 7) is 9.64. The second-order valence-electron chi connectivity index (χ2n) is 5.44. The normalized spacial score (nSPS) is 14.6. The van der Waals surface area contributed by atoms with Crippen molar-refractivity contribution in [2.24, 2.45) is 5.73 Å². The standard InChI is InChI=1S/C16H27BrN2/c1-4-6-11-19(5-2)16(3,13-18)12-14-7-9-15(17)10-8-14/h7-10H,4-6,11-13,18H2,1-3H3. The summed E-state index contributed by atoms with van der Waals surface area (Å²) in [5, 5.41) is 0. The minimum absolute atomic E-state index is 0.0533. The van der Waals surface area contributed by atoms with E-state index in [2.05, 4.69) is 65.9 Å². The lowest BCUT2D eigenvalue weighted by atomic mass is 9.90. The van der Waals surface area contributed by atoms with Gasteiger partial charge in [-0.3, -0.25) is 4.90 Å². The highest BCUT2D eigenvalue weighted by molar-refractivity contribution is 9.10. The van der Waals surface area contributed by atoms with Gasteiger partial charge in [0.25, 0.3) is 0 Å². The number of likely N-dealkylation sites (N-methyl/N-ethyl adjacent to an activating group) is 1. The SMILES string of the molecule is CCCCN(CC)C(C)(CN)Cc1ccc(Br)cc1. The first-order valence-corrected chi connectivity index (χ1v) is 8.04. The van der Waals surface area contributed by atoms with Gasteiger partial charge in [-0.05, 0) is 50.6 Å². The van der Waals surface area contributed by atoms with Gasteiger partial charge in [-0.15, -0.1) is 0 Å². The first kappa shape index (κ1) is 16.7. The van der Waals surface area contributed by atoms with E-state index in [1.807, 2.05) is 0 Å². The number of hydrogen-bond acceptors (Lipinski definition) is 2. The smallest absolute Gasteiger partial charge is 0.0343 e. The van der Waals surface area contributed by atoms with Crippen LogP contribution in [0.25, 0.3) is 0 Å². The van der Waals surface area contributed by atoms with Crippen molar-refractivity contribution in [2.45, 2.75) is 45.6 Å². The van der Waals surface area contributed by atoms with E-state index in [1.54, 1.807) is 0 Å². The molecular formula is C16H27BrN2. The Morgan fingerprint density at radius 3 is 2.32 bits per heavy atom. The maximum Gasteiger partial charge on any atom is 0.0343 e. The summed E-state index contributed by atoms with van der Waals surface area (Å²) in [5.74, 6) is 0. The Morgan fingerprint density at radius 1 is 1.21 bits per heavy atom. The van der Waals surface area contributed by atoms with Crippen LogP contribution in [-0.4, -0.2) is 30.1 Å². The predicted octanol–water partition coefficient (Wildman–Crippen LogP) is 3.83. The highest BCUT2D eigenvalue weighted by Crippen LogP contribution is 2.22. The summed E-state index contributed by atoms with van der Waals surface area (Å²) in [6, 6.07) is 8.58. The second-order valence-corrected chi connectivity index (χ2v) is 6.35. The molecule has 0 fully saturated rings. The van der Waals surface area contributed by atoms with E-state index in [4.69, 9.17) is 5.73 Å². The van der Waals surface area contributed by atoms with Crippen LogP contribution in [0.2, 0.25) is 0 Å². The van der Waals surface area contributed by atoms with Crippen LogP contribution in [0.4, 0.5) is 0 Å². The molecular weight excluding hydrogens is 300 g/mol. The first-order valence-electron chi connectivity index (χ1n) is 7.25. The minimum Gasteiger partial charge on any atom is -0.329 e. The van der Waals surface area contributed by atoms with Gasteiger partial charge in [0.05, 0.1) is 0 Å². The summed E-state index contributed by atoms with van der Waals surface area (Å²) >= 11 is 3.48. The van der Waals surface area contributed by atoms with E-state index in [9.17, 15) is 0 Å². The number of halogens is 1. The molecule has 0 aliphatic carbocycles. The van der Waals surface area contributed by atoms with Crippen molar-refractivity contribution in [1.82, 2.24) is 4.90 Å². The minimum atomic E-state index is 0.0533. The Bertz CT molecular complexity index is 364. The van der Waals surface area contributed by atoms with Crippen LogP contribution in [0.5, 0.6) is 0 Å². The molecule has 0 heterocycles. The Kier molecular flexibility index (Phi) is 7.05. The van der Waals surface area contributed by atoms with Gasteiger partial charge >= 0.3 is 0 Å². The number of nitrogens with zero attached hydrogens (tertiary/aromatic N) is 1. The molecule has 0 bridgehead atoms. The van der Waals surface area contributed by atoms with Gasteiger partial charge in [0.1, 0.15) is 0 Å². The molecule has 1 aromatic carbocycles. The molecule has 1 atom stereocenters. The average molecular weight is 327 g/mol. The lowest BCUT2D eigenvalue weighted by molar-refractivity contribution is 0.115. The molecule has 1 rings (SSSR count). The van der Waals surface area contributed by atoms with Gasteiger partial charge in [0, 0.05) is 16.6 Å². The van der Waals surface area contributed by atoms with E-state index in [0.717, 1.165) is 24.0 Å². The van der Waals surface area contributed by atoms with Crippen molar-refractivity contribution >= 4 is 15.9 Å². The van der Waals surface area contributed by atoms with Gasteiger partial charge in [-0.2, -0.15) is 0 Å². The third kappa shape index (κ3) is 4.90. The van der Waals surface area contributed by atoms with E-state index < -0.39 is 0 Å². The van der Waals surface area contributed by atoms with E-state index in [-0.39, 0.29) is 5.54 Å². The quantitative estimate of drug-likeness (QED) is 0.786. The van der Waals surface area contributed by atoms with Crippen molar-refractivity contribution in [3.05, 3.63) is 34.3 Å². The maximum absolute atomic E-state index is 6.08. The third-order valence-electron chi connectivity index (χ3n) is 3.86. The van der Waals surface area contributed by atoms with Crippen LogP contribution < -0.4 is 5.73 Å². The summed E-state index contributed by atoms with van der Waals surface area (Å²) in [6.07, 6.45) is 3.48. The molecule has 0 radical (unpaired) electrons. The summed E-state index contributed by atoms with van der Waals surface area (Å²) in [7, 11) is 0. The lowest BCUT2D eigenvalue weighted by Gasteiger charge is -2.40. The van der Waals surface area contributed by atoms with Crippen LogP contribution in [-0.2, 0) is 6.42 Å². The topological polar surface area (TPSA) is 29.3 Å². The van der Waals surface area contributed by atoms with Gasteiger partial charge in [-0.25, -0.2) is 0 Å². The molecule has 2 nitrogen and oxygen atoms in total. The van der Waals surface area contributed by atoms with Crippen molar-refractivity contribution in [2.75, 3.05) is 19.6 Å². The summed E-state index contributed by atoms with van der Waals surface area (Å²) in [5.41, 5.74) is 7.49. The third-order valence-corrected chi connectivity index (χ3v) is 4.39. The van der Waals surface area contributed by atoms with Gasteiger partial charge < -0.3 is 5.73 Å². The average Bonchev–Trinajstić information content (AvgIpc) is 2.42. The molecule has 0 saturated carbocycles. The van der Waals surface area contributed by atoms with Crippen molar-refractivity contribution in [3.63, 3.8) is 0 Å². The number of nitrogens with two attached hydrogens (primary N) is 1. The molecule has 1 aromatic rings. The van der Waals surface area contributed by atoms with Crippen LogP contribution >= 0.6 is 15.9 Å². The Morgan fingerprint density at radius 2 is 1.84 bits per heavy atom. The highest BCUT2D eigenvalue weighted by Gasteiger charge is 2.29. The monoisotopic (exact) mass is 326 g/mol. The molecule has 0 saturated heterocycles. The van der Waals surface area contributed by atoms with Crippen LogP contribution in [0.15, 0.2) is 28.7 Å². The number of unbranched alkanes of at least 4 members (excludes halogenated alkanes) is 1. The predicted molar refractivity (Wildman–Crippen MR) is 87.5 cm³/mol. The van der Waals surface area contributed by atoms with Gasteiger partial charge in [0.15, 0.2) is 0 Å². The van der Waals surface area contributed by atoms with E-state index in [0.29, 0.717) is 6.54 Å². The first-order chi connectivity index (χ1) is 9.05. The van der Waals surface area contributed by atoms with Crippen molar-refractivity contribution < 1.29 is 0 Å². The zero-order chi connectivity index (χ0) is 14.3. The van der Waals surface area contributed by atoms with Crippen molar-refractivity contribution in [1.29, 1.82) is 0 Å². The fraction of sp³-hybridized carbons (Fsp3) is 0.625. The Balaban J connectivity index is 2.79. The molecule has 0 amide bonds. The van der Waals surface area contributed by atoms with Gasteiger partial charge in [-0.1, -0.05) is 48.3 Å². The summed E-state index contributed by atoms with van der Waals surface area (Å²) < 4.78 is 1.13. The number of hydrogen-bond donors (Lipinski definition) is 1. The fourth-order valence-electron chi connectivity index (χ4n) is 2.51. The molecule has 3 heteroatoms. The van der Waals surface area contributed by atoms with Crippen LogP contribution in [0.3, 0.4) is 0 Å². The number of benzene rings is 1. The Hall–Kier alpha value is -0.380. The number of rotatable bonds is 8. The van der Waals surface area contributed by atoms with Crippen LogP contribution in [0, 0.1) is 0 Å². The molecule has 19 heavy (non-hydrogen) atoms. The molecule has 0 spiro atoms. The maximum atomic E-state index is 6.08. The Labute approximate surface area is 126 Å². The zero-order valence-electron chi connectivity index (χ0n) is 12.5. The van der Waals surface area contributed by atoms with Crippen molar-refractivity contribution in [3.8, 4) is 0 Å². The zero-order valence-corrected chi connectivity index (χ0v) is 14.0. The molecule has 0 aliphatic rings. The molecule has 2 N–H and O–H groups in total. The van der Waals surface area contributed by atoms with Crippen LogP contribution in [0.1, 0.15) is 39.2 Å². The largest absolute Gasteiger partial charge is 0.329 e. The van der Waals surface area contributed by atoms with E-state index >= 15 is 0 Å².